The molecule has 0 aromatic carbocycles. The summed E-state index contributed by atoms with van der Waals surface area (Å²) in [5.74, 6) is 0. The molecule has 6 heteroatoms. The van der Waals surface area contributed by atoms with Crippen LogP contribution in [-0.2, 0) is 4.57 Å². The average molecular weight is 517 g/mol. The molecule has 0 radical (unpaired) electrons. The fourth-order valence-electron chi connectivity index (χ4n) is 4.50. The van der Waals surface area contributed by atoms with Gasteiger partial charge in [0.1, 0.15) is 6.54 Å². The Morgan fingerprint density at radius 2 is 0.971 bits per heavy atom. The summed E-state index contributed by atoms with van der Waals surface area (Å²) in [7, 11) is 0.917. The van der Waals surface area contributed by atoms with Crippen LogP contribution in [0.15, 0.2) is 24.3 Å². The van der Waals surface area contributed by atoms with Crippen LogP contribution in [0.1, 0.15) is 129 Å². The van der Waals surface area contributed by atoms with Crippen LogP contribution in [0.4, 0.5) is 0 Å². The van der Waals surface area contributed by atoms with E-state index in [-0.39, 0.29) is 13.0 Å². The molecule has 0 fully saturated rings. The SMILES string of the molecule is CCCCCCCCCCC/C=C\CCCCCC/C=C\CCCC(O)(C[N+](C)(C)C)P(=O)(O)O. The van der Waals surface area contributed by atoms with Crippen LogP contribution >= 0.6 is 7.60 Å². The van der Waals surface area contributed by atoms with Crippen molar-refractivity contribution in [3.63, 3.8) is 0 Å². The molecule has 0 heterocycles. The van der Waals surface area contributed by atoms with E-state index in [0.29, 0.717) is 10.9 Å². The smallest absolute Gasteiger partial charge is 0.362 e. The predicted molar refractivity (Wildman–Crippen MR) is 152 cm³/mol. The quantitative estimate of drug-likeness (QED) is 0.0524. The summed E-state index contributed by atoms with van der Waals surface area (Å²) in [5, 5.41) is 8.60. The van der Waals surface area contributed by atoms with Crippen molar-refractivity contribution in [2.24, 2.45) is 0 Å². The molecule has 0 bridgehead atoms. The lowest BCUT2D eigenvalue weighted by atomic mass is 10.1. The molecule has 1 atom stereocenters. The summed E-state index contributed by atoms with van der Waals surface area (Å²) < 4.78 is 12.1. The third-order valence-corrected chi connectivity index (χ3v) is 7.97. The van der Waals surface area contributed by atoms with Crippen molar-refractivity contribution in [3.05, 3.63) is 24.3 Å². The second kappa shape index (κ2) is 20.6. The van der Waals surface area contributed by atoms with Gasteiger partial charge in [0.15, 0.2) is 0 Å². The number of nitrogens with zero attached hydrogens (tertiary/aromatic N) is 1. The van der Waals surface area contributed by atoms with E-state index < -0.39 is 12.9 Å². The van der Waals surface area contributed by atoms with E-state index in [0.717, 1.165) is 12.8 Å². The Bertz CT molecular complexity index is 594. The van der Waals surface area contributed by atoms with Gasteiger partial charge in [0, 0.05) is 0 Å². The second-order valence-electron chi connectivity index (χ2n) is 11.4. The Labute approximate surface area is 217 Å². The van der Waals surface area contributed by atoms with Crippen LogP contribution in [0.5, 0.6) is 0 Å². The van der Waals surface area contributed by atoms with Crippen molar-refractivity contribution in [1.82, 2.24) is 0 Å². The summed E-state index contributed by atoms with van der Waals surface area (Å²) in [6.07, 6.45) is 31.4. The lowest BCUT2D eigenvalue weighted by Crippen LogP contribution is -2.49. The number of aliphatic hydroxyl groups is 1. The van der Waals surface area contributed by atoms with Crippen molar-refractivity contribution >= 4 is 7.60 Å². The first-order valence-corrected chi connectivity index (χ1v) is 16.0. The lowest BCUT2D eigenvalue weighted by Gasteiger charge is -2.35. The normalized spacial score (nSPS) is 14.8. The van der Waals surface area contributed by atoms with Gasteiger partial charge in [-0.1, -0.05) is 95.4 Å². The number of likely N-dealkylation sites (N-methyl/N-ethyl adjacent to an activating group) is 1. The van der Waals surface area contributed by atoms with Gasteiger partial charge < -0.3 is 19.4 Å². The number of hydrogen-bond donors (Lipinski definition) is 3. The van der Waals surface area contributed by atoms with Crippen molar-refractivity contribution in [2.45, 2.75) is 134 Å². The van der Waals surface area contributed by atoms with Crippen LogP contribution in [0.3, 0.4) is 0 Å². The molecule has 0 saturated carbocycles. The molecule has 0 saturated heterocycles. The highest BCUT2D eigenvalue weighted by Gasteiger charge is 2.48. The van der Waals surface area contributed by atoms with E-state index in [1.165, 1.54) is 96.3 Å². The highest BCUT2D eigenvalue weighted by atomic mass is 31.2. The molecule has 0 aliphatic heterocycles. The standard InChI is InChI=1S/C29H58NO4P/c1-5-6-7-8-9-10-11-12-13-14-15-16-17-18-19-20-21-22-23-24-25-26-27-29(31,35(32,33)34)28-30(2,3)4/h15-16,23-24,31H,5-14,17-22,25-28H2,1-4H3,(H-,32,33,34)/p+1/b16-15-,24-23-. The topological polar surface area (TPSA) is 77.8 Å². The summed E-state index contributed by atoms with van der Waals surface area (Å²) in [6, 6.07) is 0. The Hall–Kier alpha value is -0.450. The van der Waals surface area contributed by atoms with E-state index in [1.54, 1.807) is 0 Å². The van der Waals surface area contributed by atoms with Crippen molar-refractivity contribution < 1.29 is 23.9 Å². The number of unbranched alkanes of at least 4 members (excludes halogenated alkanes) is 15. The summed E-state index contributed by atoms with van der Waals surface area (Å²) in [4.78, 5) is 19.2. The zero-order valence-corrected chi connectivity index (χ0v) is 24.5. The molecular weight excluding hydrogens is 457 g/mol. The largest absolute Gasteiger partial charge is 0.373 e. The van der Waals surface area contributed by atoms with Crippen LogP contribution in [-0.4, -0.2) is 52.4 Å². The number of allylic oxidation sites excluding steroid dienone is 4. The minimum atomic E-state index is -4.57. The summed E-state index contributed by atoms with van der Waals surface area (Å²) >= 11 is 0. The third-order valence-electron chi connectivity index (χ3n) is 6.52. The molecule has 35 heavy (non-hydrogen) atoms. The van der Waals surface area contributed by atoms with Crippen molar-refractivity contribution in [2.75, 3.05) is 27.7 Å². The molecule has 0 aromatic rings. The van der Waals surface area contributed by atoms with Crippen LogP contribution < -0.4 is 0 Å². The van der Waals surface area contributed by atoms with Crippen molar-refractivity contribution in [3.8, 4) is 0 Å². The summed E-state index contributed by atoms with van der Waals surface area (Å²) in [5.41, 5.74) is 0. The molecule has 3 N–H and O–H groups in total. The van der Waals surface area contributed by atoms with Gasteiger partial charge in [0.2, 0.25) is 5.34 Å². The van der Waals surface area contributed by atoms with Crippen molar-refractivity contribution in [1.29, 1.82) is 0 Å². The summed E-state index contributed by atoms with van der Waals surface area (Å²) in [6.45, 7) is 2.31. The van der Waals surface area contributed by atoms with Gasteiger partial charge in [-0.15, -0.1) is 0 Å². The van der Waals surface area contributed by atoms with E-state index in [1.807, 2.05) is 21.1 Å². The number of hydrogen-bond acceptors (Lipinski definition) is 2. The average Bonchev–Trinajstić information content (AvgIpc) is 2.75. The molecule has 0 aliphatic carbocycles. The van der Waals surface area contributed by atoms with Crippen LogP contribution in [0.25, 0.3) is 0 Å². The van der Waals surface area contributed by atoms with Gasteiger partial charge in [-0.05, 0) is 57.8 Å². The first-order valence-electron chi connectivity index (χ1n) is 14.4. The zero-order chi connectivity index (χ0) is 26.5. The molecule has 5 nitrogen and oxygen atoms in total. The van der Waals surface area contributed by atoms with Gasteiger partial charge >= 0.3 is 7.60 Å². The van der Waals surface area contributed by atoms with Gasteiger partial charge in [-0.25, -0.2) is 0 Å². The van der Waals surface area contributed by atoms with Gasteiger partial charge in [-0.3, -0.25) is 4.57 Å². The van der Waals surface area contributed by atoms with E-state index in [9.17, 15) is 19.5 Å². The maximum atomic E-state index is 11.8. The van der Waals surface area contributed by atoms with Gasteiger partial charge in [-0.2, -0.15) is 0 Å². The van der Waals surface area contributed by atoms with E-state index >= 15 is 0 Å². The molecule has 0 rings (SSSR count). The monoisotopic (exact) mass is 516 g/mol. The molecule has 0 aromatic heterocycles. The Morgan fingerprint density at radius 3 is 1.31 bits per heavy atom. The lowest BCUT2D eigenvalue weighted by molar-refractivity contribution is -0.875. The maximum Gasteiger partial charge on any atom is 0.362 e. The third kappa shape index (κ3) is 21.4. The molecule has 0 aliphatic rings. The van der Waals surface area contributed by atoms with E-state index in [4.69, 9.17) is 0 Å². The molecule has 0 amide bonds. The first-order chi connectivity index (χ1) is 16.5. The van der Waals surface area contributed by atoms with Crippen LogP contribution in [0.2, 0.25) is 0 Å². The predicted octanol–water partition coefficient (Wildman–Crippen LogP) is 8.10. The highest BCUT2D eigenvalue weighted by molar-refractivity contribution is 7.53. The molecule has 0 spiro atoms. The minimum Gasteiger partial charge on any atom is -0.373 e. The molecule has 208 valence electrons. The minimum absolute atomic E-state index is 0.0371. The Balaban J connectivity index is 3.61. The number of quaternary nitrogens is 1. The van der Waals surface area contributed by atoms with E-state index in [2.05, 4.69) is 31.2 Å². The second-order valence-corrected chi connectivity index (χ2v) is 13.3. The zero-order valence-electron chi connectivity index (χ0n) is 23.6. The molecular formula is C29H59NO4P+. The fraction of sp³-hybridized carbons (Fsp3) is 0.862. The highest BCUT2D eigenvalue weighted by Crippen LogP contribution is 2.52. The molecule has 1 unspecified atom stereocenters. The van der Waals surface area contributed by atoms with Gasteiger partial charge in [0.25, 0.3) is 0 Å². The number of rotatable bonds is 24. The van der Waals surface area contributed by atoms with Crippen LogP contribution in [0, 0.1) is 0 Å². The Morgan fingerprint density at radius 1 is 0.629 bits per heavy atom. The fourth-order valence-corrected chi connectivity index (χ4v) is 5.56. The maximum absolute atomic E-state index is 11.8. The first kappa shape index (κ1) is 34.6. The van der Waals surface area contributed by atoms with Gasteiger partial charge in [0.05, 0.1) is 21.1 Å². The Kier molecular flexibility index (Phi) is 20.3.